The van der Waals surface area contributed by atoms with Gasteiger partial charge in [0.25, 0.3) is 5.91 Å². The van der Waals surface area contributed by atoms with Crippen molar-refractivity contribution in [1.29, 1.82) is 0 Å². The highest BCUT2D eigenvalue weighted by Gasteiger charge is 2.19. The first-order valence-corrected chi connectivity index (χ1v) is 10.9. The Morgan fingerprint density at radius 2 is 1.93 bits per heavy atom. The molecule has 2 aromatic rings. The van der Waals surface area contributed by atoms with Crippen LogP contribution in [-0.4, -0.2) is 77.2 Å². The van der Waals surface area contributed by atoms with Crippen LogP contribution >= 0.6 is 11.8 Å². The topological polar surface area (TPSA) is 98.6 Å². The summed E-state index contributed by atoms with van der Waals surface area (Å²) in [5.74, 6) is 1.76. The maximum atomic E-state index is 12.3. The highest BCUT2D eigenvalue weighted by molar-refractivity contribution is 7.99. The normalized spacial score (nSPS) is 13.9. The van der Waals surface area contributed by atoms with E-state index in [-0.39, 0.29) is 11.8 Å². The van der Waals surface area contributed by atoms with Crippen LogP contribution in [0.4, 0.5) is 0 Å². The summed E-state index contributed by atoms with van der Waals surface area (Å²) in [6, 6.07) is 6.96. The predicted molar refractivity (Wildman–Crippen MR) is 113 cm³/mol. The second-order valence-corrected chi connectivity index (χ2v) is 7.60. The molecular weight excluding hydrogens is 406 g/mol. The lowest BCUT2D eigenvalue weighted by atomic mass is 10.2. The van der Waals surface area contributed by atoms with E-state index in [1.54, 1.807) is 31.4 Å². The Kier molecular flexibility index (Phi) is 8.09. The van der Waals surface area contributed by atoms with Gasteiger partial charge in [-0.25, -0.2) is 0 Å². The Balaban J connectivity index is 1.49. The second kappa shape index (κ2) is 11.0. The summed E-state index contributed by atoms with van der Waals surface area (Å²) in [4.78, 5) is 26.4. The van der Waals surface area contributed by atoms with E-state index in [2.05, 4.69) is 15.5 Å². The number of nitrogens with zero attached hydrogens (tertiary/aromatic N) is 4. The number of hydrogen-bond acceptors (Lipinski definition) is 7. The molecule has 9 nitrogen and oxygen atoms in total. The molecule has 30 heavy (non-hydrogen) atoms. The van der Waals surface area contributed by atoms with Gasteiger partial charge < -0.3 is 24.3 Å². The lowest BCUT2D eigenvalue weighted by Crippen LogP contribution is -2.41. The van der Waals surface area contributed by atoms with Gasteiger partial charge in [0.1, 0.15) is 11.6 Å². The Hall–Kier alpha value is -2.59. The first-order chi connectivity index (χ1) is 14.6. The Morgan fingerprint density at radius 3 is 2.60 bits per heavy atom. The molecule has 1 saturated heterocycles. The van der Waals surface area contributed by atoms with Crippen LogP contribution in [-0.2, 0) is 22.5 Å². The minimum absolute atomic E-state index is 0.0854. The number of methoxy groups -OCH3 is 1. The summed E-state index contributed by atoms with van der Waals surface area (Å²) in [5.41, 5.74) is 0.575. The number of morpholine rings is 1. The van der Waals surface area contributed by atoms with Crippen molar-refractivity contribution >= 4 is 23.6 Å². The minimum Gasteiger partial charge on any atom is -0.497 e. The third kappa shape index (κ3) is 5.73. The number of amides is 2. The van der Waals surface area contributed by atoms with Crippen LogP contribution in [0.3, 0.4) is 0 Å². The van der Waals surface area contributed by atoms with Crippen LogP contribution < -0.4 is 10.1 Å². The molecule has 0 aliphatic carbocycles. The number of nitrogens with one attached hydrogen (secondary N) is 1. The fourth-order valence-corrected chi connectivity index (χ4v) is 4.02. The molecule has 1 aliphatic rings. The van der Waals surface area contributed by atoms with Crippen molar-refractivity contribution in [2.45, 2.75) is 25.0 Å². The zero-order valence-corrected chi connectivity index (χ0v) is 18.1. The summed E-state index contributed by atoms with van der Waals surface area (Å²) in [7, 11) is 1.59. The van der Waals surface area contributed by atoms with Crippen LogP contribution in [0.1, 0.15) is 23.1 Å². The van der Waals surface area contributed by atoms with E-state index in [1.807, 2.05) is 16.4 Å². The van der Waals surface area contributed by atoms with Gasteiger partial charge in [-0.3, -0.25) is 9.59 Å². The van der Waals surface area contributed by atoms with Gasteiger partial charge in [0, 0.05) is 38.2 Å². The summed E-state index contributed by atoms with van der Waals surface area (Å²) >= 11 is 1.39. The van der Waals surface area contributed by atoms with Crippen LogP contribution in [0.5, 0.6) is 5.75 Å². The maximum Gasteiger partial charge on any atom is 0.251 e. The van der Waals surface area contributed by atoms with Crippen molar-refractivity contribution in [3.05, 3.63) is 35.7 Å². The van der Waals surface area contributed by atoms with E-state index >= 15 is 0 Å². The monoisotopic (exact) mass is 433 g/mol. The fraction of sp³-hybridized carbons (Fsp3) is 0.500. The summed E-state index contributed by atoms with van der Waals surface area (Å²) < 4.78 is 12.4. The lowest BCUT2D eigenvalue weighted by Gasteiger charge is -2.26. The van der Waals surface area contributed by atoms with Gasteiger partial charge >= 0.3 is 0 Å². The van der Waals surface area contributed by atoms with Crippen LogP contribution in [0.2, 0.25) is 0 Å². The SMILES string of the molecule is CCn1c(CCNC(=O)c2ccc(OC)cc2)nnc1SCC(=O)N1CCOCC1. The molecule has 10 heteroatoms. The molecule has 1 fully saturated rings. The second-order valence-electron chi connectivity index (χ2n) is 6.66. The van der Waals surface area contributed by atoms with Gasteiger partial charge in [-0.15, -0.1) is 10.2 Å². The molecule has 0 unspecified atom stereocenters. The quantitative estimate of drug-likeness (QED) is 0.594. The highest BCUT2D eigenvalue weighted by atomic mass is 32.2. The molecule has 1 aromatic carbocycles. The molecule has 2 heterocycles. The van der Waals surface area contributed by atoms with Crippen molar-refractivity contribution in [3.8, 4) is 5.75 Å². The standard InChI is InChI=1S/C20H27N5O4S/c1-3-25-17(8-9-21-19(27)15-4-6-16(28-2)7-5-15)22-23-20(25)30-14-18(26)24-10-12-29-13-11-24/h4-7H,3,8-14H2,1-2H3,(H,21,27). The van der Waals surface area contributed by atoms with Gasteiger partial charge in [-0.2, -0.15) is 0 Å². The zero-order valence-electron chi connectivity index (χ0n) is 17.3. The average molecular weight is 434 g/mol. The molecule has 0 spiro atoms. The number of hydrogen-bond donors (Lipinski definition) is 1. The number of rotatable bonds is 9. The number of aromatic nitrogens is 3. The van der Waals surface area contributed by atoms with Crippen molar-refractivity contribution in [2.24, 2.45) is 0 Å². The van der Waals surface area contributed by atoms with Gasteiger partial charge in [0.05, 0.1) is 26.1 Å². The number of carbonyl (C=O) groups excluding carboxylic acids is 2. The number of thioether (sulfide) groups is 1. The predicted octanol–water partition coefficient (Wildman–Crippen LogP) is 1.23. The third-order valence-corrected chi connectivity index (χ3v) is 5.74. The average Bonchev–Trinajstić information content (AvgIpc) is 3.19. The van der Waals surface area contributed by atoms with Crippen molar-refractivity contribution in [3.63, 3.8) is 0 Å². The molecule has 0 bridgehead atoms. The maximum absolute atomic E-state index is 12.3. The van der Waals surface area contributed by atoms with Crippen LogP contribution in [0.15, 0.2) is 29.4 Å². The molecule has 1 aliphatic heterocycles. The molecular formula is C20H27N5O4S. The molecule has 3 rings (SSSR count). The molecule has 0 radical (unpaired) electrons. The van der Waals surface area contributed by atoms with E-state index in [0.717, 1.165) is 11.0 Å². The van der Waals surface area contributed by atoms with Gasteiger partial charge in [-0.1, -0.05) is 11.8 Å². The number of ether oxygens (including phenoxy) is 2. The Bertz CT molecular complexity index is 849. The minimum atomic E-state index is -0.147. The first-order valence-electron chi connectivity index (χ1n) is 9.95. The molecule has 0 saturated carbocycles. The van der Waals surface area contributed by atoms with E-state index < -0.39 is 0 Å². The van der Waals surface area contributed by atoms with E-state index in [4.69, 9.17) is 9.47 Å². The van der Waals surface area contributed by atoms with Crippen molar-refractivity contribution < 1.29 is 19.1 Å². The molecule has 1 N–H and O–H groups in total. The molecule has 2 amide bonds. The number of benzene rings is 1. The summed E-state index contributed by atoms with van der Waals surface area (Å²) in [6.07, 6.45) is 0.556. The van der Waals surface area contributed by atoms with E-state index in [0.29, 0.717) is 62.9 Å². The van der Waals surface area contributed by atoms with Crippen molar-refractivity contribution in [1.82, 2.24) is 25.0 Å². The largest absolute Gasteiger partial charge is 0.497 e. The zero-order chi connectivity index (χ0) is 21.3. The van der Waals surface area contributed by atoms with Crippen molar-refractivity contribution in [2.75, 3.05) is 45.7 Å². The molecule has 1 aromatic heterocycles. The fourth-order valence-electron chi connectivity index (χ4n) is 3.09. The van der Waals surface area contributed by atoms with E-state index in [1.165, 1.54) is 11.8 Å². The Labute approximate surface area is 180 Å². The lowest BCUT2D eigenvalue weighted by molar-refractivity contribution is -0.132. The van der Waals surface area contributed by atoms with Gasteiger partial charge in [0.2, 0.25) is 5.91 Å². The van der Waals surface area contributed by atoms with Crippen LogP contribution in [0.25, 0.3) is 0 Å². The van der Waals surface area contributed by atoms with E-state index in [9.17, 15) is 9.59 Å². The smallest absolute Gasteiger partial charge is 0.251 e. The summed E-state index contributed by atoms with van der Waals surface area (Å²) in [5, 5.41) is 12.1. The number of carbonyl (C=O) groups is 2. The highest BCUT2D eigenvalue weighted by Crippen LogP contribution is 2.18. The third-order valence-electron chi connectivity index (χ3n) is 4.78. The van der Waals surface area contributed by atoms with Crippen LogP contribution in [0, 0.1) is 0 Å². The summed E-state index contributed by atoms with van der Waals surface area (Å²) in [6.45, 7) is 5.61. The first kappa shape index (κ1) is 22.1. The van der Waals surface area contributed by atoms with Gasteiger partial charge in [0.15, 0.2) is 5.16 Å². The molecule has 0 atom stereocenters. The van der Waals surface area contributed by atoms with Gasteiger partial charge in [-0.05, 0) is 31.2 Å². The Morgan fingerprint density at radius 1 is 1.20 bits per heavy atom. The molecule has 162 valence electrons.